The molecule has 0 radical (unpaired) electrons. The molecular formula is C10H18N2O. The van der Waals surface area contributed by atoms with Gasteiger partial charge in [0, 0.05) is 5.92 Å². The maximum Gasteiger partial charge on any atom is 0.176 e. The third-order valence-corrected chi connectivity index (χ3v) is 3.38. The molecular weight excluding hydrogens is 164 g/mol. The van der Waals surface area contributed by atoms with Crippen LogP contribution in [0.1, 0.15) is 45.4 Å². The van der Waals surface area contributed by atoms with E-state index in [9.17, 15) is 5.11 Å². The minimum atomic E-state index is -0.881. The number of aliphatic hydroxyl groups is 1. The van der Waals surface area contributed by atoms with Crippen molar-refractivity contribution in [1.82, 2.24) is 0 Å². The first-order valence-corrected chi connectivity index (χ1v) is 5.33. The van der Waals surface area contributed by atoms with Gasteiger partial charge in [-0.25, -0.2) is 0 Å². The van der Waals surface area contributed by atoms with E-state index in [0.29, 0.717) is 12.0 Å². The first kappa shape index (κ1) is 9.13. The Hall–Kier alpha value is -0.440. The molecule has 0 aromatic carbocycles. The van der Waals surface area contributed by atoms with Gasteiger partial charge >= 0.3 is 0 Å². The summed E-state index contributed by atoms with van der Waals surface area (Å²) in [5.41, 5.74) is -0.881. The Morgan fingerprint density at radius 2 is 1.77 bits per heavy atom. The van der Waals surface area contributed by atoms with Crippen LogP contribution in [0, 0.1) is 5.92 Å². The molecule has 1 unspecified atom stereocenters. The summed E-state index contributed by atoms with van der Waals surface area (Å²) in [7, 11) is 0. The van der Waals surface area contributed by atoms with Crippen LogP contribution in [0.2, 0.25) is 0 Å². The topological polar surface area (TPSA) is 45.0 Å². The molecule has 0 saturated heterocycles. The second-order valence-electron chi connectivity index (χ2n) is 4.52. The molecule has 0 bridgehead atoms. The fraction of sp³-hybridized carbons (Fsp3) is 1.00. The largest absolute Gasteiger partial charge is 0.368 e. The SMILES string of the molecule is CC(O)(N=NC1CCC1)C1CCC1. The predicted molar refractivity (Wildman–Crippen MR) is 50.5 cm³/mol. The van der Waals surface area contributed by atoms with Crippen molar-refractivity contribution in [2.24, 2.45) is 16.1 Å². The number of nitrogens with zero attached hydrogens (tertiary/aromatic N) is 2. The van der Waals surface area contributed by atoms with E-state index in [4.69, 9.17) is 0 Å². The molecule has 0 aromatic rings. The molecule has 0 aromatic heterocycles. The van der Waals surface area contributed by atoms with Crippen molar-refractivity contribution in [3.05, 3.63) is 0 Å². The van der Waals surface area contributed by atoms with Crippen molar-refractivity contribution < 1.29 is 5.11 Å². The highest BCUT2D eigenvalue weighted by Crippen LogP contribution is 2.37. The Labute approximate surface area is 79.3 Å². The second kappa shape index (κ2) is 3.37. The molecule has 1 atom stereocenters. The van der Waals surface area contributed by atoms with E-state index in [1.807, 2.05) is 0 Å². The number of rotatable bonds is 3. The molecule has 0 amide bonds. The van der Waals surface area contributed by atoms with Gasteiger partial charge < -0.3 is 5.11 Å². The molecule has 74 valence electrons. The average Bonchev–Trinajstić information content (AvgIpc) is 1.76. The van der Waals surface area contributed by atoms with Crippen molar-refractivity contribution >= 4 is 0 Å². The number of hydrogen-bond acceptors (Lipinski definition) is 3. The van der Waals surface area contributed by atoms with E-state index in [1.165, 1.54) is 12.8 Å². The zero-order chi connectivity index (χ0) is 9.31. The lowest BCUT2D eigenvalue weighted by molar-refractivity contribution is -0.0345. The van der Waals surface area contributed by atoms with Gasteiger partial charge in [-0.2, -0.15) is 10.2 Å². The highest BCUT2D eigenvalue weighted by atomic mass is 16.3. The van der Waals surface area contributed by atoms with Crippen molar-refractivity contribution in [2.45, 2.75) is 57.2 Å². The van der Waals surface area contributed by atoms with Crippen LogP contribution < -0.4 is 0 Å². The van der Waals surface area contributed by atoms with Crippen LogP contribution in [0.4, 0.5) is 0 Å². The number of hydrogen-bond donors (Lipinski definition) is 1. The van der Waals surface area contributed by atoms with Gasteiger partial charge in [0.1, 0.15) is 0 Å². The molecule has 2 fully saturated rings. The highest BCUT2D eigenvalue weighted by molar-refractivity contribution is 4.85. The van der Waals surface area contributed by atoms with Gasteiger partial charge in [-0.3, -0.25) is 0 Å². The molecule has 3 nitrogen and oxygen atoms in total. The van der Waals surface area contributed by atoms with Crippen LogP contribution in [0.3, 0.4) is 0 Å². The quantitative estimate of drug-likeness (QED) is 0.670. The van der Waals surface area contributed by atoms with Gasteiger partial charge in [-0.15, -0.1) is 0 Å². The zero-order valence-corrected chi connectivity index (χ0v) is 8.24. The van der Waals surface area contributed by atoms with E-state index in [2.05, 4.69) is 10.2 Å². The summed E-state index contributed by atoms with van der Waals surface area (Å²) in [6.45, 7) is 1.79. The first-order chi connectivity index (χ1) is 6.18. The molecule has 1 N–H and O–H groups in total. The second-order valence-corrected chi connectivity index (χ2v) is 4.52. The maximum atomic E-state index is 9.94. The van der Waals surface area contributed by atoms with Crippen LogP contribution in [0.15, 0.2) is 10.2 Å². The Balaban J connectivity index is 1.86. The van der Waals surface area contributed by atoms with Crippen molar-refractivity contribution in [2.75, 3.05) is 0 Å². The molecule has 2 rings (SSSR count). The van der Waals surface area contributed by atoms with Gasteiger partial charge in [0.25, 0.3) is 0 Å². The Morgan fingerprint density at radius 3 is 2.15 bits per heavy atom. The summed E-state index contributed by atoms with van der Waals surface area (Å²) in [5.74, 6) is 0.358. The molecule has 2 aliphatic rings. The summed E-state index contributed by atoms with van der Waals surface area (Å²) >= 11 is 0. The molecule has 3 heteroatoms. The van der Waals surface area contributed by atoms with E-state index >= 15 is 0 Å². The standard InChI is InChI=1S/C10H18N2O/c1-10(13,8-4-2-5-8)12-11-9-6-3-7-9/h8-9,13H,2-7H2,1H3. The Morgan fingerprint density at radius 1 is 1.15 bits per heavy atom. The van der Waals surface area contributed by atoms with Crippen LogP contribution >= 0.6 is 0 Å². The van der Waals surface area contributed by atoms with Crippen LogP contribution in [0.25, 0.3) is 0 Å². The average molecular weight is 182 g/mol. The smallest absolute Gasteiger partial charge is 0.176 e. The minimum Gasteiger partial charge on any atom is -0.368 e. The lowest BCUT2D eigenvalue weighted by Gasteiger charge is -2.35. The third-order valence-electron chi connectivity index (χ3n) is 3.38. The Bertz CT molecular complexity index is 205. The lowest BCUT2D eigenvalue weighted by Crippen LogP contribution is -2.37. The normalized spacial score (nSPS) is 29.7. The minimum absolute atomic E-state index is 0.358. The van der Waals surface area contributed by atoms with Crippen molar-refractivity contribution in [3.8, 4) is 0 Å². The van der Waals surface area contributed by atoms with Gasteiger partial charge in [0.2, 0.25) is 0 Å². The highest BCUT2D eigenvalue weighted by Gasteiger charge is 2.36. The monoisotopic (exact) mass is 182 g/mol. The summed E-state index contributed by atoms with van der Waals surface area (Å²) < 4.78 is 0. The summed E-state index contributed by atoms with van der Waals surface area (Å²) in [5, 5.41) is 18.2. The number of azo groups is 1. The molecule has 13 heavy (non-hydrogen) atoms. The zero-order valence-electron chi connectivity index (χ0n) is 8.24. The van der Waals surface area contributed by atoms with Gasteiger partial charge in [0.15, 0.2) is 5.72 Å². The van der Waals surface area contributed by atoms with E-state index < -0.39 is 5.72 Å². The first-order valence-electron chi connectivity index (χ1n) is 5.33. The van der Waals surface area contributed by atoms with Gasteiger partial charge in [-0.1, -0.05) is 6.42 Å². The Kier molecular flexibility index (Phi) is 2.37. The van der Waals surface area contributed by atoms with Crippen LogP contribution in [-0.4, -0.2) is 16.9 Å². The third kappa shape index (κ3) is 1.90. The summed E-state index contributed by atoms with van der Waals surface area (Å²) in [6.07, 6.45) is 7.04. The van der Waals surface area contributed by atoms with Crippen molar-refractivity contribution in [3.63, 3.8) is 0 Å². The van der Waals surface area contributed by atoms with Crippen LogP contribution in [-0.2, 0) is 0 Å². The van der Waals surface area contributed by atoms with Crippen molar-refractivity contribution in [1.29, 1.82) is 0 Å². The molecule has 2 saturated carbocycles. The molecule has 0 aliphatic heterocycles. The molecule has 2 aliphatic carbocycles. The summed E-state index contributed by atoms with van der Waals surface area (Å²) in [6, 6.07) is 0.409. The maximum absolute atomic E-state index is 9.94. The predicted octanol–water partition coefficient (Wildman–Crippen LogP) is 2.50. The van der Waals surface area contributed by atoms with Crippen LogP contribution in [0.5, 0.6) is 0 Å². The lowest BCUT2D eigenvalue weighted by atomic mass is 9.78. The van der Waals surface area contributed by atoms with E-state index in [-0.39, 0.29) is 0 Å². The molecule has 0 heterocycles. The van der Waals surface area contributed by atoms with E-state index in [0.717, 1.165) is 25.7 Å². The fourth-order valence-electron chi connectivity index (χ4n) is 1.74. The molecule has 0 spiro atoms. The van der Waals surface area contributed by atoms with Gasteiger partial charge in [0.05, 0.1) is 6.04 Å². The summed E-state index contributed by atoms with van der Waals surface area (Å²) in [4.78, 5) is 0. The van der Waals surface area contributed by atoms with E-state index in [1.54, 1.807) is 6.92 Å². The fourth-order valence-corrected chi connectivity index (χ4v) is 1.74. The van der Waals surface area contributed by atoms with Gasteiger partial charge in [-0.05, 0) is 39.0 Å².